The number of alkyl halides is 1. The fraction of sp³-hybridized carbons (Fsp3) is 0.458. The largest absolute Gasteiger partial charge is 0.488 e. The van der Waals surface area contributed by atoms with Crippen LogP contribution >= 0.6 is 0 Å². The Hall–Kier alpha value is -2.72. The Bertz CT molecular complexity index is 1220. The molecule has 0 radical (unpaired) electrons. The summed E-state index contributed by atoms with van der Waals surface area (Å²) in [5, 5.41) is 0. The molecule has 2 atom stereocenters. The van der Waals surface area contributed by atoms with Gasteiger partial charge in [-0.2, -0.15) is 0 Å². The molecule has 2 aliphatic heterocycles. The van der Waals surface area contributed by atoms with Crippen LogP contribution in [0, 0.1) is 11.2 Å². The van der Waals surface area contributed by atoms with Crippen molar-refractivity contribution in [3.05, 3.63) is 53.8 Å². The number of para-hydroxylation sites is 1. The highest BCUT2D eigenvalue weighted by Crippen LogP contribution is 2.55. The predicted octanol–water partition coefficient (Wildman–Crippen LogP) is 3.16. The third-order valence-electron chi connectivity index (χ3n) is 7.17. The molecule has 10 heteroatoms. The van der Waals surface area contributed by atoms with E-state index in [1.54, 1.807) is 24.1 Å². The number of carbonyl (C=O) groups is 1. The number of nitrogens with one attached hydrogen (secondary N) is 1. The van der Waals surface area contributed by atoms with Gasteiger partial charge in [-0.05, 0) is 36.5 Å². The Kier molecular flexibility index (Phi) is 5.76. The SMILES string of the molecule is CN1CCOc2c(F)cccc2-c2cccc(c2)C[C@H]2[C@@H](NS(=O)(=O)CF)C3(CC3)CN2C1=O. The number of rotatable bonds is 3. The minimum atomic E-state index is -4.12. The van der Waals surface area contributed by atoms with E-state index >= 15 is 0 Å². The molecule has 5 rings (SSSR count). The summed E-state index contributed by atoms with van der Waals surface area (Å²) in [4.78, 5) is 16.6. The molecule has 1 N–H and O–H groups in total. The molecule has 1 saturated heterocycles. The molecular weight excluding hydrogens is 464 g/mol. The molecule has 0 unspecified atom stereocenters. The molecule has 2 heterocycles. The quantitative estimate of drug-likeness (QED) is 0.716. The molecule has 2 fully saturated rings. The maximum atomic E-state index is 14.6. The Balaban J connectivity index is 1.59. The lowest BCUT2D eigenvalue weighted by Crippen LogP contribution is -2.52. The third-order valence-corrected chi connectivity index (χ3v) is 8.07. The zero-order valence-electron chi connectivity index (χ0n) is 18.8. The molecule has 1 spiro atoms. The predicted molar refractivity (Wildman–Crippen MR) is 123 cm³/mol. The zero-order valence-corrected chi connectivity index (χ0v) is 19.7. The van der Waals surface area contributed by atoms with Crippen LogP contribution in [0.15, 0.2) is 42.5 Å². The normalized spacial score (nSPS) is 23.9. The van der Waals surface area contributed by atoms with E-state index in [2.05, 4.69) is 4.72 Å². The van der Waals surface area contributed by atoms with E-state index < -0.39 is 33.9 Å². The molecule has 182 valence electrons. The van der Waals surface area contributed by atoms with Crippen molar-refractivity contribution in [2.75, 3.05) is 32.8 Å². The second kappa shape index (κ2) is 8.49. The lowest BCUT2D eigenvalue weighted by molar-refractivity contribution is 0.146. The highest BCUT2D eigenvalue weighted by atomic mass is 32.2. The number of ether oxygens (including phenoxy) is 1. The molecule has 2 aromatic carbocycles. The van der Waals surface area contributed by atoms with Crippen molar-refractivity contribution in [1.29, 1.82) is 0 Å². The number of halogens is 2. The average molecular weight is 492 g/mol. The molecule has 2 bridgehead atoms. The number of benzene rings is 2. The van der Waals surface area contributed by atoms with Crippen molar-refractivity contribution in [1.82, 2.24) is 14.5 Å². The van der Waals surface area contributed by atoms with E-state index in [1.165, 1.54) is 11.0 Å². The molecule has 3 aliphatic rings. The van der Waals surface area contributed by atoms with Crippen molar-refractivity contribution in [2.24, 2.45) is 5.41 Å². The van der Waals surface area contributed by atoms with Gasteiger partial charge in [0, 0.05) is 30.6 Å². The maximum Gasteiger partial charge on any atom is 0.320 e. The number of nitrogens with zero attached hydrogens (tertiary/aromatic N) is 2. The molecule has 1 aliphatic carbocycles. The zero-order chi connectivity index (χ0) is 24.1. The number of likely N-dealkylation sites (N-methyl/N-ethyl adjacent to an activating group) is 1. The van der Waals surface area contributed by atoms with Crippen LogP contribution < -0.4 is 9.46 Å². The summed E-state index contributed by atoms with van der Waals surface area (Å²) < 4.78 is 60.6. The van der Waals surface area contributed by atoms with Crippen molar-refractivity contribution in [3.8, 4) is 16.9 Å². The summed E-state index contributed by atoms with van der Waals surface area (Å²) in [6, 6.07) is 9.42. The highest BCUT2D eigenvalue weighted by molar-refractivity contribution is 7.89. The second-order valence-electron chi connectivity index (χ2n) is 9.45. The number of hydrogen-bond donors (Lipinski definition) is 1. The summed E-state index contributed by atoms with van der Waals surface area (Å²) in [5.41, 5.74) is 1.84. The van der Waals surface area contributed by atoms with Crippen LogP contribution in [0.3, 0.4) is 0 Å². The summed E-state index contributed by atoms with van der Waals surface area (Å²) >= 11 is 0. The van der Waals surface area contributed by atoms with Gasteiger partial charge in [-0.1, -0.05) is 36.4 Å². The van der Waals surface area contributed by atoms with Crippen molar-refractivity contribution < 1.29 is 26.7 Å². The molecule has 2 amide bonds. The van der Waals surface area contributed by atoms with Gasteiger partial charge in [-0.3, -0.25) is 0 Å². The van der Waals surface area contributed by atoms with Gasteiger partial charge in [0.25, 0.3) is 0 Å². The van der Waals surface area contributed by atoms with E-state index in [-0.39, 0.29) is 30.3 Å². The van der Waals surface area contributed by atoms with Gasteiger partial charge in [0.15, 0.2) is 11.6 Å². The number of hydrogen-bond acceptors (Lipinski definition) is 4. The van der Waals surface area contributed by atoms with Crippen LogP contribution in [-0.2, 0) is 16.4 Å². The lowest BCUT2D eigenvalue weighted by Gasteiger charge is -2.32. The Morgan fingerprint density at radius 1 is 1.21 bits per heavy atom. The Morgan fingerprint density at radius 3 is 2.71 bits per heavy atom. The minimum absolute atomic E-state index is 0.0947. The van der Waals surface area contributed by atoms with E-state index in [0.717, 1.165) is 24.0 Å². The summed E-state index contributed by atoms with van der Waals surface area (Å²) in [5.74, 6) is -0.352. The number of carbonyl (C=O) groups excluding carboxylic acids is 1. The van der Waals surface area contributed by atoms with E-state index in [9.17, 15) is 22.0 Å². The summed E-state index contributed by atoms with van der Waals surface area (Å²) in [6.07, 6.45) is 1.92. The second-order valence-corrected chi connectivity index (χ2v) is 11.1. The molecule has 1 saturated carbocycles. The number of sulfonamides is 1. The van der Waals surface area contributed by atoms with Crippen LogP contribution in [0.2, 0.25) is 0 Å². The summed E-state index contributed by atoms with van der Waals surface area (Å²) in [6.45, 7) is 0.717. The first-order valence-corrected chi connectivity index (χ1v) is 13.0. The number of fused-ring (bicyclic) bond motifs is 5. The Morgan fingerprint density at radius 2 is 1.97 bits per heavy atom. The summed E-state index contributed by atoms with van der Waals surface area (Å²) in [7, 11) is -2.47. The highest BCUT2D eigenvalue weighted by Gasteiger charge is 2.61. The van der Waals surface area contributed by atoms with E-state index in [1.807, 2.05) is 24.3 Å². The fourth-order valence-corrected chi connectivity index (χ4v) is 6.09. The monoisotopic (exact) mass is 491 g/mol. The number of amides is 2. The van der Waals surface area contributed by atoms with Gasteiger partial charge >= 0.3 is 6.03 Å². The van der Waals surface area contributed by atoms with Gasteiger partial charge in [0.1, 0.15) is 6.61 Å². The smallest absolute Gasteiger partial charge is 0.320 e. The van der Waals surface area contributed by atoms with Gasteiger partial charge in [0.05, 0.1) is 12.6 Å². The Labute approximate surface area is 197 Å². The van der Waals surface area contributed by atoms with Crippen molar-refractivity contribution in [2.45, 2.75) is 31.3 Å². The molecular formula is C24H27F2N3O4S. The van der Waals surface area contributed by atoms with Crippen LogP contribution in [0.5, 0.6) is 5.75 Å². The van der Waals surface area contributed by atoms with Crippen LogP contribution in [-0.4, -0.2) is 69.1 Å². The van der Waals surface area contributed by atoms with Gasteiger partial charge in [-0.15, -0.1) is 0 Å². The topological polar surface area (TPSA) is 79.0 Å². The maximum absolute atomic E-state index is 14.6. The lowest BCUT2D eigenvalue weighted by atomic mass is 9.91. The van der Waals surface area contributed by atoms with Crippen LogP contribution in [0.25, 0.3) is 11.1 Å². The standard InChI is InChI=1S/C24H27F2N3O4S/c1-28-10-11-33-21-18(6-3-7-19(21)26)17-5-2-4-16(12-17)13-20-22(27-34(31,32)15-25)24(8-9-24)14-29(20)23(28)30/h2-7,12,20,22,27H,8-11,13-15H2,1H3/t20-,22+/m0/s1. The average Bonchev–Trinajstić information content (AvgIpc) is 3.54. The molecule has 2 aromatic rings. The molecule has 34 heavy (non-hydrogen) atoms. The van der Waals surface area contributed by atoms with Gasteiger partial charge < -0.3 is 14.5 Å². The first-order chi connectivity index (χ1) is 16.2. The molecule has 7 nitrogen and oxygen atoms in total. The van der Waals surface area contributed by atoms with E-state index in [0.29, 0.717) is 18.5 Å². The van der Waals surface area contributed by atoms with E-state index in [4.69, 9.17) is 4.74 Å². The van der Waals surface area contributed by atoms with Gasteiger partial charge in [-0.25, -0.2) is 26.7 Å². The van der Waals surface area contributed by atoms with Crippen molar-refractivity contribution in [3.63, 3.8) is 0 Å². The van der Waals surface area contributed by atoms with Crippen molar-refractivity contribution >= 4 is 16.1 Å². The van der Waals surface area contributed by atoms with Crippen LogP contribution in [0.1, 0.15) is 18.4 Å². The van der Waals surface area contributed by atoms with Gasteiger partial charge in [0.2, 0.25) is 16.0 Å². The first-order valence-electron chi connectivity index (χ1n) is 11.3. The number of urea groups is 1. The van der Waals surface area contributed by atoms with Crippen LogP contribution in [0.4, 0.5) is 13.6 Å². The minimum Gasteiger partial charge on any atom is -0.488 e. The molecule has 0 aromatic heterocycles. The first kappa shape index (κ1) is 23.0. The fourth-order valence-electron chi connectivity index (χ4n) is 5.23. The third kappa shape index (κ3) is 4.13.